The maximum Gasteiger partial charge on any atom is 0.343 e. The van der Waals surface area contributed by atoms with Gasteiger partial charge in [-0.1, -0.05) is 6.07 Å². The topological polar surface area (TPSA) is 108 Å². The summed E-state index contributed by atoms with van der Waals surface area (Å²) < 4.78 is 15.7. The number of cyclic esters (lactones) is 1. The van der Waals surface area contributed by atoms with Gasteiger partial charge in [-0.05, 0) is 12.1 Å². The molecule has 0 fully saturated rings. The Hall–Kier alpha value is -3.29. The van der Waals surface area contributed by atoms with Gasteiger partial charge in [-0.2, -0.15) is 0 Å². The van der Waals surface area contributed by atoms with E-state index < -0.39 is 17.0 Å². The summed E-state index contributed by atoms with van der Waals surface area (Å²) >= 11 is 0. The summed E-state index contributed by atoms with van der Waals surface area (Å²) in [5.74, 6) is -0.290. The maximum atomic E-state index is 12.3. The number of methoxy groups -OCH3 is 2. The molecule has 0 aliphatic carbocycles. The van der Waals surface area contributed by atoms with Crippen LogP contribution in [0.2, 0.25) is 0 Å². The minimum atomic E-state index is -0.966. The van der Waals surface area contributed by atoms with Gasteiger partial charge in [0.25, 0.3) is 5.69 Å². The lowest BCUT2D eigenvalue weighted by Crippen LogP contribution is -2.02. The van der Waals surface area contributed by atoms with Crippen molar-refractivity contribution in [1.29, 1.82) is 0 Å². The number of carbonyl (C=O) groups excluding carboxylic acids is 1. The molecule has 1 atom stereocenters. The van der Waals surface area contributed by atoms with E-state index in [1.807, 2.05) is 0 Å². The minimum absolute atomic E-state index is 0.128. The van der Waals surface area contributed by atoms with Crippen molar-refractivity contribution < 1.29 is 29.0 Å². The van der Waals surface area contributed by atoms with Crippen LogP contribution >= 0.6 is 0 Å². The molecular formula is C16H13NO7. The second kappa shape index (κ2) is 5.73. The van der Waals surface area contributed by atoms with Crippen molar-refractivity contribution in [2.24, 2.45) is 0 Å². The number of non-ortho nitro benzene ring substituents is 1. The van der Waals surface area contributed by atoms with Crippen molar-refractivity contribution in [1.82, 2.24) is 0 Å². The number of phenols is 1. The number of fused-ring (bicyclic) bond motifs is 1. The molecular weight excluding hydrogens is 318 g/mol. The van der Waals surface area contributed by atoms with E-state index in [2.05, 4.69) is 0 Å². The Morgan fingerprint density at radius 1 is 1.17 bits per heavy atom. The zero-order chi connectivity index (χ0) is 17.4. The van der Waals surface area contributed by atoms with E-state index in [1.165, 1.54) is 32.4 Å². The van der Waals surface area contributed by atoms with Crippen molar-refractivity contribution in [3.63, 3.8) is 0 Å². The molecule has 0 radical (unpaired) electrons. The molecule has 0 spiro atoms. The van der Waals surface area contributed by atoms with Gasteiger partial charge in [0.2, 0.25) is 0 Å². The van der Waals surface area contributed by atoms with Crippen molar-refractivity contribution in [3.8, 4) is 17.2 Å². The molecule has 0 unspecified atom stereocenters. The number of aromatic hydroxyl groups is 1. The first-order chi connectivity index (χ1) is 11.5. The summed E-state index contributed by atoms with van der Waals surface area (Å²) in [6.45, 7) is 0. The molecule has 1 aliphatic rings. The normalized spacial score (nSPS) is 15.6. The van der Waals surface area contributed by atoms with Crippen LogP contribution in [0.15, 0.2) is 30.3 Å². The van der Waals surface area contributed by atoms with Crippen LogP contribution < -0.4 is 9.47 Å². The summed E-state index contributed by atoms with van der Waals surface area (Å²) in [7, 11) is 2.83. The Morgan fingerprint density at radius 2 is 1.92 bits per heavy atom. The van der Waals surface area contributed by atoms with Crippen molar-refractivity contribution in [3.05, 3.63) is 57.1 Å². The van der Waals surface area contributed by atoms with Crippen LogP contribution in [0.5, 0.6) is 17.2 Å². The molecule has 1 N–H and O–H groups in total. The Balaban J connectivity index is 2.17. The Bertz CT molecular complexity index is 847. The van der Waals surface area contributed by atoms with E-state index in [4.69, 9.17) is 14.2 Å². The molecule has 124 valence electrons. The van der Waals surface area contributed by atoms with Gasteiger partial charge in [-0.3, -0.25) is 10.1 Å². The number of hydrogen-bond donors (Lipinski definition) is 1. The third-order valence-electron chi connectivity index (χ3n) is 3.79. The first-order valence-electron chi connectivity index (χ1n) is 6.91. The molecule has 0 amide bonds. The third-order valence-corrected chi connectivity index (χ3v) is 3.79. The first kappa shape index (κ1) is 15.6. The largest absolute Gasteiger partial charge is 0.508 e. The number of hydrogen-bond acceptors (Lipinski definition) is 7. The van der Waals surface area contributed by atoms with Crippen LogP contribution in [0.4, 0.5) is 5.69 Å². The zero-order valence-electron chi connectivity index (χ0n) is 12.8. The van der Waals surface area contributed by atoms with E-state index in [-0.39, 0.29) is 28.3 Å². The van der Waals surface area contributed by atoms with Crippen molar-refractivity contribution in [2.45, 2.75) is 6.10 Å². The van der Waals surface area contributed by atoms with Crippen molar-refractivity contribution >= 4 is 11.7 Å². The lowest BCUT2D eigenvalue weighted by molar-refractivity contribution is -0.385. The summed E-state index contributed by atoms with van der Waals surface area (Å²) in [5.41, 5.74) is 0.525. The van der Waals surface area contributed by atoms with Gasteiger partial charge >= 0.3 is 5.97 Å². The molecule has 0 aromatic heterocycles. The molecule has 2 aromatic rings. The zero-order valence-corrected chi connectivity index (χ0v) is 12.8. The fourth-order valence-electron chi connectivity index (χ4n) is 2.70. The van der Waals surface area contributed by atoms with Crippen molar-refractivity contribution in [2.75, 3.05) is 14.2 Å². The number of ether oxygens (including phenoxy) is 3. The lowest BCUT2D eigenvalue weighted by Gasteiger charge is -2.13. The summed E-state index contributed by atoms with van der Waals surface area (Å²) in [6.07, 6.45) is -0.966. The minimum Gasteiger partial charge on any atom is -0.508 e. The van der Waals surface area contributed by atoms with E-state index in [1.54, 1.807) is 12.1 Å². The Morgan fingerprint density at radius 3 is 2.54 bits per heavy atom. The Kier molecular flexibility index (Phi) is 3.72. The smallest absolute Gasteiger partial charge is 0.343 e. The number of nitrogens with zero attached hydrogens (tertiary/aromatic N) is 1. The van der Waals surface area contributed by atoms with E-state index >= 15 is 0 Å². The van der Waals surface area contributed by atoms with E-state index in [0.29, 0.717) is 11.3 Å². The predicted molar refractivity (Wildman–Crippen MR) is 81.6 cm³/mol. The number of nitro benzene ring substituents is 1. The van der Waals surface area contributed by atoms with Gasteiger partial charge in [-0.25, -0.2) is 4.79 Å². The maximum absolute atomic E-state index is 12.3. The number of benzene rings is 2. The van der Waals surface area contributed by atoms with Gasteiger partial charge < -0.3 is 19.3 Å². The molecule has 3 rings (SSSR count). The summed E-state index contributed by atoms with van der Waals surface area (Å²) in [5, 5.41) is 21.0. The van der Waals surface area contributed by atoms with E-state index in [0.717, 1.165) is 0 Å². The Labute approximate surface area is 136 Å². The number of carbonyl (C=O) groups is 1. The van der Waals surface area contributed by atoms with E-state index in [9.17, 15) is 20.0 Å². The number of esters is 1. The lowest BCUT2D eigenvalue weighted by atomic mass is 9.97. The van der Waals surface area contributed by atoms with Gasteiger partial charge in [0.15, 0.2) is 17.6 Å². The molecule has 8 heteroatoms. The van der Waals surface area contributed by atoms with Gasteiger partial charge in [0, 0.05) is 23.3 Å². The molecule has 0 saturated heterocycles. The summed E-state index contributed by atoms with van der Waals surface area (Å²) in [4.78, 5) is 22.6. The highest BCUT2D eigenvalue weighted by Crippen LogP contribution is 2.46. The van der Waals surface area contributed by atoms with Crippen LogP contribution in [0.25, 0.3) is 0 Å². The number of rotatable bonds is 4. The highest BCUT2D eigenvalue weighted by molar-refractivity contribution is 5.98. The van der Waals surface area contributed by atoms with Gasteiger partial charge in [0.05, 0.1) is 19.1 Å². The van der Waals surface area contributed by atoms with Crippen LogP contribution in [-0.4, -0.2) is 30.2 Å². The standard InChI is InChI=1S/C16H13NO7/c1-22-12-6-4-9-13(15(12)23-2)16(19)24-14(9)10-7-8(17(20)21)3-5-11(10)18/h3-7,14,18H,1-2H3/t14-/m0/s1. The SMILES string of the molecule is COc1ccc2c(c1OC)C(=O)O[C@@H]2c1cc([N+](=O)[O-])ccc1O. The van der Waals surface area contributed by atoms with Crippen LogP contribution in [0, 0.1) is 10.1 Å². The second-order valence-corrected chi connectivity index (χ2v) is 5.05. The molecule has 1 aliphatic heterocycles. The highest BCUT2D eigenvalue weighted by Gasteiger charge is 2.38. The average Bonchev–Trinajstić information content (AvgIpc) is 2.91. The second-order valence-electron chi connectivity index (χ2n) is 5.05. The molecule has 24 heavy (non-hydrogen) atoms. The van der Waals surface area contributed by atoms with Crippen LogP contribution in [0.3, 0.4) is 0 Å². The predicted octanol–water partition coefficient (Wildman–Crippen LogP) is 2.58. The van der Waals surface area contributed by atoms with Gasteiger partial charge in [0.1, 0.15) is 11.3 Å². The highest BCUT2D eigenvalue weighted by atomic mass is 16.6. The quantitative estimate of drug-likeness (QED) is 0.521. The fraction of sp³-hybridized carbons (Fsp3) is 0.188. The number of phenolic OH excluding ortho intramolecular Hbond substituents is 1. The number of nitro groups is 1. The molecule has 0 bridgehead atoms. The third kappa shape index (κ3) is 2.28. The first-order valence-corrected chi connectivity index (χ1v) is 6.91. The summed E-state index contributed by atoms with van der Waals surface area (Å²) in [6, 6.07) is 6.75. The fourth-order valence-corrected chi connectivity index (χ4v) is 2.70. The monoisotopic (exact) mass is 331 g/mol. The molecule has 0 saturated carbocycles. The average molecular weight is 331 g/mol. The molecule has 2 aromatic carbocycles. The van der Waals surface area contributed by atoms with Crippen LogP contribution in [-0.2, 0) is 4.74 Å². The van der Waals surface area contributed by atoms with Gasteiger partial charge in [-0.15, -0.1) is 0 Å². The molecule has 1 heterocycles. The molecule has 8 nitrogen and oxygen atoms in total. The van der Waals surface area contributed by atoms with Crippen LogP contribution in [0.1, 0.15) is 27.6 Å².